The van der Waals surface area contributed by atoms with Crippen molar-refractivity contribution < 1.29 is 28.1 Å². The Morgan fingerprint density at radius 3 is 1.61 bits per heavy atom. The fourth-order valence-electron chi connectivity index (χ4n) is 7.73. The van der Waals surface area contributed by atoms with Crippen LogP contribution in [-0.4, -0.2) is 19.1 Å². The molecule has 0 saturated carbocycles. The van der Waals surface area contributed by atoms with Crippen LogP contribution in [-0.2, 0) is 45.3 Å². The van der Waals surface area contributed by atoms with Crippen LogP contribution < -0.4 is 0 Å². The summed E-state index contributed by atoms with van der Waals surface area (Å²) in [6.07, 6.45) is 6.07. The number of aryl methyl sites for hydroxylation is 2. The average molecular weight is 919 g/mol. The first-order chi connectivity index (χ1) is 28.9. The fraction of sp³-hybridized carbons (Fsp3) is 0.373. The molecule has 0 aliphatic rings. The molecule has 3 heteroatoms. The Kier molecular flexibility index (Phi) is 20.8. The zero-order chi connectivity index (χ0) is 44.8. The molecule has 0 amide bonds. The number of ether oxygens (including phenoxy) is 1. The van der Waals surface area contributed by atoms with Crippen molar-refractivity contribution in [3.05, 3.63) is 175 Å². The topological polar surface area (TPSA) is 9.23 Å². The molecule has 0 atom stereocenters. The maximum atomic E-state index is 5.85. The summed E-state index contributed by atoms with van der Waals surface area (Å²) < 4.78 is 5.85. The van der Waals surface area contributed by atoms with Gasteiger partial charge >= 0.3 is 30.2 Å². The summed E-state index contributed by atoms with van der Waals surface area (Å²) in [5.74, 6) is 0.573. The predicted molar refractivity (Wildman–Crippen MR) is 272 cm³/mol. The standard InChI is InChI=1S/C30H41O.C22H25.C6H5.CH3.Si.Zr/c1-22-21-24-13-12-15-27(23-16-18-25(19-17-23)29(2,3)4)28(24)26(22)14-10-8-9-11-20-31-30(5,6)7;1-15(2)18-13-17-7-6-8-20(21(17)14-18)16-9-11-19(12-10-16)22(3,4)5;1-2-4-6-5-3-1;;;/h12-13,15-19,21H,8-11,14,20H2,1-7H3;6-15H,1-5H3;1-5H;1H3;;/q4*-1;;. The van der Waals surface area contributed by atoms with Crippen molar-refractivity contribution in [3.8, 4) is 22.3 Å². The largest absolute Gasteiger partial charge is 0.184 e. The van der Waals surface area contributed by atoms with Crippen LogP contribution in [0.25, 0.3) is 43.8 Å². The van der Waals surface area contributed by atoms with Crippen LogP contribution >= 0.6 is 0 Å². The van der Waals surface area contributed by atoms with E-state index in [-0.39, 0.29) is 23.9 Å². The van der Waals surface area contributed by atoms with Gasteiger partial charge in [0.05, 0.1) is 5.60 Å². The van der Waals surface area contributed by atoms with Crippen molar-refractivity contribution in [2.24, 2.45) is 0 Å². The second-order valence-electron chi connectivity index (χ2n) is 19.7. The van der Waals surface area contributed by atoms with Crippen LogP contribution in [0.3, 0.4) is 0 Å². The van der Waals surface area contributed by atoms with Gasteiger partial charge in [0.25, 0.3) is 0 Å². The van der Waals surface area contributed by atoms with Gasteiger partial charge in [0.2, 0.25) is 0 Å². The van der Waals surface area contributed by atoms with Crippen LogP contribution in [0.4, 0.5) is 0 Å². The number of fused-ring (bicyclic) bond motifs is 2. The van der Waals surface area contributed by atoms with Crippen molar-refractivity contribution >= 4 is 28.4 Å². The number of hydrogen-bond donors (Lipinski definition) is 0. The van der Waals surface area contributed by atoms with E-state index in [0.29, 0.717) is 5.92 Å². The smallest absolute Gasteiger partial charge is 0.171 e. The van der Waals surface area contributed by atoms with Crippen LogP contribution in [0.2, 0.25) is 0 Å². The van der Waals surface area contributed by atoms with Crippen LogP contribution in [0, 0.1) is 20.4 Å². The van der Waals surface area contributed by atoms with Crippen molar-refractivity contribution in [3.63, 3.8) is 0 Å². The molecule has 0 bridgehead atoms. The monoisotopic (exact) mass is 916 g/mol. The molecule has 62 heavy (non-hydrogen) atoms. The number of rotatable bonds is 10. The third kappa shape index (κ3) is 15.6. The van der Waals surface area contributed by atoms with Crippen molar-refractivity contribution in [2.75, 3.05) is 6.61 Å². The van der Waals surface area contributed by atoms with E-state index in [1.165, 1.54) is 114 Å². The second kappa shape index (κ2) is 24.4. The summed E-state index contributed by atoms with van der Waals surface area (Å²) in [5.41, 5.74) is 12.9. The minimum atomic E-state index is -0.0210. The summed E-state index contributed by atoms with van der Waals surface area (Å²) in [7, 11) is 0. The molecule has 2 radical (unpaired) electrons. The minimum absolute atomic E-state index is 0. The maximum absolute atomic E-state index is 5.85. The van der Waals surface area contributed by atoms with E-state index < -0.39 is 0 Å². The van der Waals surface area contributed by atoms with E-state index >= 15 is 0 Å². The minimum Gasteiger partial charge on any atom is -0.184 e. The third-order valence-corrected chi connectivity index (χ3v) is 11.3. The molecule has 7 aromatic carbocycles. The van der Waals surface area contributed by atoms with Gasteiger partial charge in [0, 0.05) is 6.61 Å². The summed E-state index contributed by atoms with van der Waals surface area (Å²) in [6.45, 7) is 30.7. The summed E-state index contributed by atoms with van der Waals surface area (Å²) in [5, 5.41) is 5.55. The zero-order valence-electron chi connectivity index (χ0n) is 40.4. The third-order valence-electron chi connectivity index (χ3n) is 11.3. The zero-order valence-corrected chi connectivity index (χ0v) is 43.9. The fourth-order valence-corrected chi connectivity index (χ4v) is 7.73. The van der Waals surface area contributed by atoms with E-state index in [0.717, 1.165) is 19.4 Å². The van der Waals surface area contributed by atoms with Crippen molar-refractivity contribution in [1.29, 1.82) is 0 Å². The summed E-state index contributed by atoms with van der Waals surface area (Å²) in [6, 6.07) is 51.2. The molecule has 7 rings (SSSR count). The summed E-state index contributed by atoms with van der Waals surface area (Å²) >= 11 is 1.36. The molecular weight excluding hydrogens is 844 g/mol. The molecule has 0 unspecified atom stereocenters. The van der Waals surface area contributed by atoms with Gasteiger partial charge in [-0.05, 0) is 66.2 Å². The van der Waals surface area contributed by atoms with Crippen molar-refractivity contribution in [1.82, 2.24) is 0 Å². The second-order valence-corrected chi connectivity index (χ2v) is 19.7. The van der Waals surface area contributed by atoms with Gasteiger partial charge in [-0.25, -0.2) is 0 Å². The number of benzene rings is 5. The van der Waals surface area contributed by atoms with Crippen LogP contribution in [0.5, 0.6) is 0 Å². The van der Waals surface area contributed by atoms with Gasteiger partial charge in [-0.1, -0.05) is 160 Å². The number of hydrogen-bond acceptors (Lipinski definition) is 1. The first kappa shape index (κ1) is 52.7. The molecule has 0 heterocycles. The molecule has 0 fully saturated rings. The Balaban J connectivity index is 0.000000286. The van der Waals surface area contributed by atoms with E-state index in [9.17, 15) is 0 Å². The van der Waals surface area contributed by atoms with E-state index in [1.54, 1.807) is 0 Å². The van der Waals surface area contributed by atoms with Gasteiger partial charge < -0.3 is 12.2 Å². The molecule has 0 N–H and O–H groups in total. The SMILES string of the molecule is CC(C)c1cc2c(-c3ccc(C(C)(C)C)cc3)cccc2[cH-]1.Cc1[cH-]c2cccc(-c3ccc(C(C)(C)C)cc3)c2c1CCCCCCOC(C)(C)C.[CH3-].[Si]=[Zr].[c-]1ccccc1. The normalized spacial score (nSPS) is 11.5. The molecule has 0 saturated heterocycles. The van der Waals surface area contributed by atoms with Gasteiger partial charge in [-0.15, -0.1) is 74.6 Å². The molecule has 328 valence electrons. The predicted octanol–water partition coefficient (Wildman–Crippen LogP) is 16.9. The van der Waals surface area contributed by atoms with Gasteiger partial charge in [-0.2, -0.15) is 42.5 Å². The quantitative estimate of drug-likeness (QED) is 0.0755. The molecule has 0 aliphatic carbocycles. The summed E-state index contributed by atoms with van der Waals surface area (Å²) in [4.78, 5) is 0. The van der Waals surface area contributed by atoms with Crippen LogP contribution in [0.15, 0.2) is 133 Å². The Labute approximate surface area is 395 Å². The molecule has 7 aromatic rings. The maximum Gasteiger partial charge on any atom is -0.171 e. The van der Waals surface area contributed by atoms with Gasteiger partial charge in [-0.3, -0.25) is 0 Å². The Morgan fingerprint density at radius 2 is 1.13 bits per heavy atom. The molecule has 0 aliphatic heterocycles. The van der Waals surface area contributed by atoms with Crippen molar-refractivity contribution in [2.45, 2.75) is 138 Å². The average Bonchev–Trinajstić information content (AvgIpc) is 3.82. The molecule has 0 aromatic heterocycles. The van der Waals surface area contributed by atoms with Crippen LogP contribution in [0.1, 0.15) is 136 Å². The molecular formula is C59H74OSiZr-4. The van der Waals surface area contributed by atoms with Gasteiger partial charge in [0.15, 0.2) is 0 Å². The first-order valence-electron chi connectivity index (χ1n) is 22.3. The van der Waals surface area contributed by atoms with Gasteiger partial charge in [0.1, 0.15) is 0 Å². The van der Waals surface area contributed by atoms with E-state index in [4.69, 9.17) is 4.74 Å². The van der Waals surface area contributed by atoms with E-state index in [2.05, 4.69) is 199 Å². The Morgan fingerprint density at radius 1 is 0.613 bits per heavy atom. The van der Waals surface area contributed by atoms with E-state index in [1.807, 2.05) is 30.3 Å². The molecule has 1 nitrogen and oxygen atoms in total. The Hall–Kier alpha value is -3.62. The molecule has 0 spiro atoms. The number of unbranched alkanes of at least 4 members (excludes halogenated alkanes) is 3. The first-order valence-corrected chi connectivity index (χ1v) is 26.5. The Bertz CT molecular complexity index is 2310.